The lowest BCUT2D eigenvalue weighted by molar-refractivity contribution is 0.0529. The molecule has 0 bridgehead atoms. The summed E-state index contributed by atoms with van der Waals surface area (Å²) in [6.07, 6.45) is 3.71. The minimum absolute atomic E-state index is 0.328. The quantitative estimate of drug-likeness (QED) is 0.656. The van der Waals surface area contributed by atoms with Crippen LogP contribution in [-0.4, -0.2) is 18.2 Å². The van der Waals surface area contributed by atoms with Crippen molar-refractivity contribution in [2.75, 3.05) is 12.3 Å². The zero-order valence-electron chi connectivity index (χ0n) is 12.1. The number of alkyl carbamates (subject to hydrolysis) is 1. The summed E-state index contributed by atoms with van der Waals surface area (Å²) < 4.78 is 18.1. The Kier molecular flexibility index (Phi) is 5.55. The third kappa shape index (κ3) is 6.22. The van der Waals surface area contributed by atoms with Crippen LogP contribution in [0.3, 0.4) is 0 Å². The van der Waals surface area contributed by atoms with E-state index in [1.807, 2.05) is 6.08 Å². The van der Waals surface area contributed by atoms with E-state index in [0.29, 0.717) is 24.2 Å². The maximum absolute atomic E-state index is 13.0. The zero-order chi connectivity index (χ0) is 15.2. The summed E-state index contributed by atoms with van der Waals surface area (Å²) in [5.74, 6) is -0.328. The summed E-state index contributed by atoms with van der Waals surface area (Å²) in [5, 5.41) is 2.63. The molecule has 0 spiro atoms. The Morgan fingerprint density at radius 2 is 2.15 bits per heavy atom. The van der Waals surface area contributed by atoms with Gasteiger partial charge in [0.05, 0.1) is 0 Å². The standard InChI is InChI=1S/C15H21FN2O2/c1-15(2,3)20-14(19)18-9-5-4-6-11-10-12(16)7-8-13(11)17/h4,6-8,10H,5,9,17H2,1-3H3,(H,18,19). The van der Waals surface area contributed by atoms with Crippen molar-refractivity contribution in [1.82, 2.24) is 5.32 Å². The number of hydrogen-bond donors (Lipinski definition) is 2. The molecule has 20 heavy (non-hydrogen) atoms. The Labute approximate surface area is 118 Å². The molecule has 3 N–H and O–H groups in total. The maximum atomic E-state index is 13.0. The predicted octanol–water partition coefficient (Wildman–Crippen LogP) is 3.34. The van der Waals surface area contributed by atoms with Gasteiger partial charge in [0, 0.05) is 12.2 Å². The van der Waals surface area contributed by atoms with E-state index in [2.05, 4.69) is 5.32 Å². The second kappa shape index (κ2) is 6.93. The first-order valence-electron chi connectivity index (χ1n) is 6.46. The van der Waals surface area contributed by atoms with Crippen molar-refractivity contribution < 1.29 is 13.9 Å². The summed E-state index contributed by atoms with van der Waals surface area (Å²) in [7, 11) is 0. The highest BCUT2D eigenvalue weighted by Gasteiger charge is 2.15. The molecule has 0 aliphatic heterocycles. The van der Waals surface area contributed by atoms with Crippen LogP contribution >= 0.6 is 0 Å². The Bertz CT molecular complexity index is 493. The lowest BCUT2D eigenvalue weighted by Gasteiger charge is -2.19. The van der Waals surface area contributed by atoms with Crippen molar-refractivity contribution in [2.45, 2.75) is 32.8 Å². The van der Waals surface area contributed by atoms with Gasteiger partial charge >= 0.3 is 6.09 Å². The molecule has 1 aromatic carbocycles. The second-order valence-electron chi connectivity index (χ2n) is 5.39. The smallest absolute Gasteiger partial charge is 0.407 e. The molecule has 0 aromatic heterocycles. The average Bonchev–Trinajstić information content (AvgIpc) is 2.30. The number of halogens is 1. The highest BCUT2D eigenvalue weighted by atomic mass is 19.1. The predicted molar refractivity (Wildman–Crippen MR) is 78.7 cm³/mol. The maximum Gasteiger partial charge on any atom is 0.407 e. The van der Waals surface area contributed by atoms with Crippen LogP contribution in [0.5, 0.6) is 0 Å². The first-order valence-corrected chi connectivity index (χ1v) is 6.46. The first-order chi connectivity index (χ1) is 9.28. The molecular weight excluding hydrogens is 259 g/mol. The number of carbonyl (C=O) groups excluding carboxylic acids is 1. The highest BCUT2D eigenvalue weighted by Crippen LogP contribution is 2.15. The number of carbonyl (C=O) groups is 1. The van der Waals surface area contributed by atoms with Crippen molar-refractivity contribution in [1.29, 1.82) is 0 Å². The molecule has 0 aliphatic rings. The Morgan fingerprint density at radius 3 is 2.80 bits per heavy atom. The summed E-state index contributed by atoms with van der Waals surface area (Å²) >= 11 is 0. The third-order valence-corrected chi connectivity index (χ3v) is 2.33. The lowest BCUT2D eigenvalue weighted by atomic mass is 10.1. The Hall–Kier alpha value is -2.04. The molecular formula is C15H21FN2O2. The highest BCUT2D eigenvalue weighted by molar-refractivity contribution is 5.67. The molecule has 0 fully saturated rings. The van der Waals surface area contributed by atoms with E-state index in [9.17, 15) is 9.18 Å². The number of hydrogen-bond acceptors (Lipinski definition) is 3. The summed E-state index contributed by atoms with van der Waals surface area (Å²) in [4.78, 5) is 11.4. The number of benzene rings is 1. The molecule has 5 heteroatoms. The average molecular weight is 280 g/mol. The summed E-state index contributed by atoms with van der Waals surface area (Å²) in [6, 6.07) is 4.21. The van der Waals surface area contributed by atoms with Gasteiger partial charge in [-0.05, 0) is 51.0 Å². The normalized spacial score (nSPS) is 11.6. The van der Waals surface area contributed by atoms with Crippen LogP contribution in [0.1, 0.15) is 32.8 Å². The number of nitrogen functional groups attached to an aromatic ring is 1. The molecule has 0 unspecified atom stereocenters. The van der Waals surface area contributed by atoms with E-state index in [4.69, 9.17) is 10.5 Å². The Morgan fingerprint density at radius 1 is 1.45 bits per heavy atom. The van der Waals surface area contributed by atoms with Crippen molar-refractivity contribution >= 4 is 17.9 Å². The van der Waals surface area contributed by atoms with E-state index < -0.39 is 11.7 Å². The molecule has 0 radical (unpaired) electrons. The molecule has 0 atom stereocenters. The minimum atomic E-state index is -0.504. The second-order valence-corrected chi connectivity index (χ2v) is 5.39. The minimum Gasteiger partial charge on any atom is -0.444 e. The SMILES string of the molecule is CC(C)(C)OC(=O)NCCC=Cc1cc(F)ccc1N. The van der Waals surface area contributed by atoms with Crippen LogP contribution in [0, 0.1) is 5.82 Å². The zero-order valence-corrected chi connectivity index (χ0v) is 12.1. The van der Waals surface area contributed by atoms with Gasteiger partial charge in [-0.15, -0.1) is 0 Å². The van der Waals surface area contributed by atoms with Gasteiger partial charge in [-0.3, -0.25) is 0 Å². The lowest BCUT2D eigenvalue weighted by Crippen LogP contribution is -2.32. The van der Waals surface area contributed by atoms with E-state index in [0.717, 1.165) is 0 Å². The molecule has 1 rings (SSSR count). The molecule has 0 heterocycles. The number of nitrogens with one attached hydrogen (secondary N) is 1. The van der Waals surface area contributed by atoms with E-state index >= 15 is 0 Å². The van der Waals surface area contributed by atoms with Crippen LogP contribution in [0.4, 0.5) is 14.9 Å². The summed E-state index contributed by atoms with van der Waals surface area (Å²) in [6.45, 7) is 5.86. The Balaban J connectivity index is 2.36. The number of rotatable bonds is 4. The number of ether oxygens (including phenoxy) is 1. The number of nitrogens with two attached hydrogens (primary N) is 1. The fraction of sp³-hybridized carbons (Fsp3) is 0.400. The molecule has 0 aliphatic carbocycles. The first kappa shape index (κ1) is 16.0. The van der Waals surface area contributed by atoms with Crippen molar-refractivity contribution in [3.05, 3.63) is 35.7 Å². The van der Waals surface area contributed by atoms with Gasteiger partial charge in [-0.25, -0.2) is 9.18 Å². The van der Waals surface area contributed by atoms with Gasteiger partial charge in [0.1, 0.15) is 11.4 Å². The third-order valence-electron chi connectivity index (χ3n) is 2.33. The van der Waals surface area contributed by atoms with Gasteiger partial charge in [-0.2, -0.15) is 0 Å². The number of anilines is 1. The molecule has 0 saturated carbocycles. The van der Waals surface area contributed by atoms with Crippen LogP contribution in [-0.2, 0) is 4.74 Å². The fourth-order valence-electron chi connectivity index (χ4n) is 1.47. The molecule has 110 valence electrons. The number of amides is 1. The van der Waals surface area contributed by atoms with E-state index in [1.165, 1.54) is 18.2 Å². The topological polar surface area (TPSA) is 64.3 Å². The summed E-state index contributed by atoms with van der Waals surface area (Å²) in [5.41, 5.74) is 6.35. The van der Waals surface area contributed by atoms with Gasteiger partial charge in [0.2, 0.25) is 0 Å². The van der Waals surface area contributed by atoms with Crippen molar-refractivity contribution in [3.63, 3.8) is 0 Å². The van der Waals surface area contributed by atoms with Gasteiger partial charge in [-0.1, -0.05) is 12.2 Å². The van der Waals surface area contributed by atoms with Crippen molar-refractivity contribution in [2.24, 2.45) is 0 Å². The van der Waals surface area contributed by atoms with Gasteiger partial charge in [0.25, 0.3) is 0 Å². The molecule has 1 amide bonds. The van der Waals surface area contributed by atoms with Crippen LogP contribution in [0.2, 0.25) is 0 Å². The fourth-order valence-corrected chi connectivity index (χ4v) is 1.47. The van der Waals surface area contributed by atoms with E-state index in [1.54, 1.807) is 26.8 Å². The molecule has 0 saturated heterocycles. The van der Waals surface area contributed by atoms with Crippen LogP contribution < -0.4 is 11.1 Å². The van der Waals surface area contributed by atoms with Crippen molar-refractivity contribution in [3.8, 4) is 0 Å². The molecule has 4 nitrogen and oxygen atoms in total. The monoisotopic (exact) mass is 280 g/mol. The van der Waals surface area contributed by atoms with E-state index in [-0.39, 0.29) is 5.82 Å². The van der Waals surface area contributed by atoms with Gasteiger partial charge in [0.15, 0.2) is 0 Å². The van der Waals surface area contributed by atoms with Crippen LogP contribution in [0.15, 0.2) is 24.3 Å². The molecule has 1 aromatic rings. The van der Waals surface area contributed by atoms with Crippen LogP contribution in [0.25, 0.3) is 6.08 Å². The van der Waals surface area contributed by atoms with Gasteiger partial charge < -0.3 is 15.8 Å². The largest absolute Gasteiger partial charge is 0.444 e.